The molecule has 0 aliphatic rings. The molecule has 3 N–H and O–H groups in total. The third-order valence-corrected chi connectivity index (χ3v) is 2.64. The molecule has 6 nitrogen and oxygen atoms in total. The molecular formula is C12H25N3O3. The van der Waals surface area contributed by atoms with E-state index in [9.17, 15) is 4.79 Å². The average Bonchev–Trinajstić information content (AvgIpc) is 2.34. The summed E-state index contributed by atoms with van der Waals surface area (Å²) < 4.78 is 5.00. The molecule has 0 bridgehead atoms. The smallest absolute Gasteiger partial charge is 0.233 e. The highest BCUT2D eigenvalue weighted by Gasteiger charge is 2.26. The predicted octanol–water partition coefficient (Wildman–Crippen LogP) is 0.890. The van der Waals surface area contributed by atoms with Crippen LogP contribution in [0.5, 0.6) is 0 Å². The fourth-order valence-corrected chi connectivity index (χ4v) is 1.73. The minimum Gasteiger partial charge on any atom is -0.409 e. The lowest BCUT2D eigenvalue weighted by Gasteiger charge is -2.27. The first-order valence-electron chi connectivity index (χ1n) is 6.23. The Bertz CT molecular complexity index is 280. The fourth-order valence-electron chi connectivity index (χ4n) is 1.73. The second-order valence-corrected chi connectivity index (χ2v) is 4.66. The molecule has 0 aliphatic carbocycles. The number of carbonyl (C=O) groups excluding carboxylic acids is 1. The average molecular weight is 259 g/mol. The lowest BCUT2D eigenvalue weighted by Crippen LogP contribution is -2.44. The van der Waals surface area contributed by atoms with Crippen molar-refractivity contribution in [3.8, 4) is 0 Å². The van der Waals surface area contributed by atoms with Gasteiger partial charge in [-0.05, 0) is 12.3 Å². The van der Waals surface area contributed by atoms with E-state index in [1.807, 2.05) is 20.8 Å². The summed E-state index contributed by atoms with van der Waals surface area (Å²) in [5, 5.41) is 11.6. The highest BCUT2D eigenvalue weighted by Crippen LogP contribution is 2.10. The Balaban J connectivity index is 4.79. The standard InChI is InChI=1S/C12H25N3O3/c1-5-10(11(13)14-17)12(16)15(6-7-18-4)8-9(2)3/h9-10,17H,5-8H2,1-4H3,(H2,13,14). The van der Waals surface area contributed by atoms with Crippen molar-refractivity contribution < 1.29 is 14.7 Å². The Morgan fingerprint density at radius 2 is 2.11 bits per heavy atom. The van der Waals surface area contributed by atoms with Crippen LogP contribution in [-0.2, 0) is 9.53 Å². The number of nitrogens with two attached hydrogens (primary N) is 1. The molecule has 0 heterocycles. The van der Waals surface area contributed by atoms with Crippen molar-refractivity contribution in [1.82, 2.24) is 4.90 Å². The number of hydrogen-bond donors (Lipinski definition) is 2. The topological polar surface area (TPSA) is 88.2 Å². The molecule has 1 unspecified atom stereocenters. The van der Waals surface area contributed by atoms with Crippen molar-refractivity contribution in [1.29, 1.82) is 0 Å². The van der Waals surface area contributed by atoms with Gasteiger partial charge in [0.15, 0.2) is 5.84 Å². The normalized spacial score (nSPS) is 13.7. The molecule has 106 valence electrons. The molecule has 0 rings (SSSR count). The summed E-state index contributed by atoms with van der Waals surface area (Å²) in [6, 6.07) is 0. The number of amidine groups is 1. The van der Waals surface area contributed by atoms with E-state index in [0.29, 0.717) is 32.0 Å². The van der Waals surface area contributed by atoms with Crippen LogP contribution in [0, 0.1) is 11.8 Å². The van der Waals surface area contributed by atoms with E-state index in [1.165, 1.54) is 0 Å². The van der Waals surface area contributed by atoms with Crippen molar-refractivity contribution in [2.75, 3.05) is 26.8 Å². The van der Waals surface area contributed by atoms with Crippen LogP contribution in [0.1, 0.15) is 27.2 Å². The first-order valence-corrected chi connectivity index (χ1v) is 6.23. The Kier molecular flexibility index (Phi) is 8.11. The summed E-state index contributed by atoms with van der Waals surface area (Å²) in [5.74, 6) is -0.353. The van der Waals surface area contributed by atoms with Crippen LogP contribution in [0.2, 0.25) is 0 Å². The maximum absolute atomic E-state index is 12.3. The van der Waals surface area contributed by atoms with E-state index >= 15 is 0 Å². The summed E-state index contributed by atoms with van der Waals surface area (Å²) in [6.07, 6.45) is 0.510. The molecule has 0 aromatic rings. The molecule has 6 heteroatoms. The van der Waals surface area contributed by atoms with E-state index < -0.39 is 5.92 Å². The molecule has 0 aromatic carbocycles. The van der Waals surface area contributed by atoms with Crippen LogP contribution in [0.25, 0.3) is 0 Å². The molecule has 0 saturated heterocycles. The third-order valence-electron chi connectivity index (χ3n) is 2.64. The molecule has 0 radical (unpaired) electrons. The first-order chi connectivity index (χ1) is 8.47. The highest BCUT2D eigenvalue weighted by molar-refractivity contribution is 6.02. The number of nitrogens with zero attached hydrogens (tertiary/aromatic N) is 2. The maximum Gasteiger partial charge on any atom is 0.233 e. The molecule has 0 aromatic heterocycles. The molecule has 1 amide bonds. The fraction of sp³-hybridized carbons (Fsp3) is 0.833. The van der Waals surface area contributed by atoms with Gasteiger partial charge in [0.05, 0.1) is 12.5 Å². The van der Waals surface area contributed by atoms with Crippen LogP contribution in [0.4, 0.5) is 0 Å². The van der Waals surface area contributed by atoms with Gasteiger partial charge in [0.1, 0.15) is 0 Å². The van der Waals surface area contributed by atoms with Gasteiger partial charge in [0.25, 0.3) is 0 Å². The van der Waals surface area contributed by atoms with E-state index in [2.05, 4.69) is 5.16 Å². The van der Waals surface area contributed by atoms with Gasteiger partial charge in [-0.25, -0.2) is 0 Å². The number of hydrogen-bond acceptors (Lipinski definition) is 4. The zero-order valence-corrected chi connectivity index (χ0v) is 11.7. The third kappa shape index (κ3) is 5.35. The lowest BCUT2D eigenvalue weighted by molar-refractivity contribution is -0.134. The Labute approximate surface area is 109 Å². The summed E-state index contributed by atoms with van der Waals surface area (Å²) in [6.45, 7) is 7.55. The number of methoxy groups -OCH3 is 1. The van der Waals surface area contributed by atoms with Crippen molar-refractivity contribution in [3.63, 3.8) is 0 Å². The van der Waals surface area contributed by atoms with Gasteiger partial charge in [-0.15, -0.1) is 0 Å². The monoisotopic (exact) mass is 259 g/mol. The highest BCUT2D eigenvalue weighted by atomic mass is 16.5. The van der Waals surface area contributed by atoms with Gasteiger partial charge in [-0.2, -0.15) is 0 Å². The summed E-state index contributed by atoms with van der Waals surface area (Å²) >= 11 is 0. The van der Waals surface area contributed by atoms with Gasteiger partial charge >= 0.3 is 0 Å². The van der Waals surface area contributed by atoms with Gasteiger partial charge in [-0.1, -0.05) is 25.9 Å². The van der Waals surface area contributed by atoms with Crippen molar-refractivity contribution >= 4 is 11.7 Å². The van der Waals surface area contributed by atoms with Gasteiger partial charge in [0.2, 0.25) is 5.91 Å². The first kappa shape index (κ1) is 16.7. The van der Waals surface area contributed by atoms with Crippen LogP contribution in [0.15, 0.2) is 5.16 Å². The van der Waals surface area contributed by atoms with Gasteiger partial charge in [-0.3, -0.25) is 4.79 Å². The zero-order valence-electron chi connectivity index (χ0n) is 11.7. The van der Waals surface area contributed by atoms with Gasteiger partial charge < -0.3 is 20.6 Å². The summed E-state index contributed by atoms with van der Waals surface area (Å²) in [4.78, 5) is 14.0. The summed E-state index contributed by atoms with van der Waals surface area (Å²) in [7, 11) is 1.60. The largest absolute Gasteiger partial charge is 0.409 e. The van der Waals surface area contributed by atoms with Crippen LogP contribution >= 0.6 is 0 Å². The minimum absolute atomic E-state index is 0.0336. The number of carbonyl (C=O) groups is 1. The van der Waals surface area contributed by atoms with E-state index in [1.54, 1.807) is 12.0 Å². The molecule has 1 atom stereocenters. The van der Waals surface area contributed by atoms with Crippen molar-refractivity contribution in [2.45, 2.75) is 27.2 Å². The zero-order chi connectivity index (χ0) is 14.1. The van der Waals surface area contributed by atoms with Crippen molar-refractivity contribution in [2.24, 2.45) is 22.7 Å². The number of amides is 1. The maximum atomic E-state index is 12.3. The van der Waals surface area contributed by atoms with Crippen LogP contribution in [-0.4, -0.2) is 48.7 Å². The molecule has 18 heavy (non-hydrogen) atoms. The Morgan fingerprint density at radius 1 is 1.50 bits per heavy atom. The minimum atomic E-state index is -0.564. The molecule has 0 spiro atoms. The van der Waals surface area contributed by atoms with E-state index in [-0.39, 0.29) is 11.7 Å². The molecule has 0 fully saturated rings. The molecule has 0 saturated carbocycles. The molecular weight excluding hydrogens is 234 g/mol. The second-order valence-electron chi connectivity index (χ2n) is 4.66. The summed E-state index contributed by atoms with van der Waals surface area (Å²) in [5.41, 5.74) is 5.55. The number of ether oxygens (including phenoxy) is 1. The Hall–Kier alpha value is -1.30. The quantitative estimate of drug-likeness (QED) is 0.293. The lowest BCUT2D eigenvalue weighted by atomic mass is 10.0. The van der Waals surface area contributed by atoms with Crippen LogP contribution in [0.3, 0.4) is 0 Å². The number of rotatable bonds is 8. The predicted molar refractivity (Wildman–Crippen MR) is 70.5 cm³/mol. The second kappa shape index (κ2) is 8.74. The molecule has 0 aliphatic heterocycles. The van der Waals surface area contributed by atoms with Gasteiger partial charge in [0, 0.05) is 20.2 Å². The van der Waals surface area contributed by atoms with E-state index in [4.69, 9.17) is 15.7 Å². The SMILES string of the molecule is CCC(C(=O)N(CCOC)CC(C)C)C(N)=NO. The van der Waals surface area contributed by atoms with Crippen LogP contribution < -0.4 is 5.73 Å². The van der Waals surface area contributed by atoms with Crippen molar-refractivity contribution in [3.05, 3.63) is 0 Å². The Morgan fingerprint density at radius 3 is 2.50 bits per heavy atom. The van der Waals surface area contributed by atoms with E-state index in [0.717, 1.165) is 0 Å². The number of oxime groups is 1.